The molecule has 3 rings (SSSR count). The van der Waals surface area contributed by atoms with Gasteiger partial charge in [-0.25, -0.2) is 0 Å². The molecule has 1 amide bonds. The van der Waals surface area contributed by atoms with Crippen molar-refractivity contribution < 1.29 is 4.79 Å². The van der Waals surface area contributed by atoms with Crippen LogP contribution in [0.1, 0.15) is 34.8 Å². The maximum atomic E-state index is 12.0. The van der Waals surface area contributed by atoms with Crippen LogP contribution in [-0.2, 0) is 0 Å². The molecule has 0 saturated carbocycles. The molecule has 0 aromatic heterocycles. The fourth-order valence-electron chi connectivity index (χ4n) is 2.58. The zero-order valence-corrected chi connectivity index (χ0v) is 8.57. The van der Waals surface area contributed by atoms with Crippen LogP contribution in [0.3, 0.4) is 0 Å². The predicted octanol–water partition coefficient (Wildman–Crippen LogP) is 2.53. The predicted molar refractivity (Wildman–Crippen MR) is 58.6 cm³/mol. The molecular weight excluding hydrogens is 186 g/mol. The molecule has 2 aliphatic heterocycles. The Bertz CT molecular complexity index is 450. The van der Waals surface area contributed by atoms with Crippen molar-refractivity contribution in [2.75, 3.05) is 6.54 Å². The minimum atomic E-state index is 0.197. The van der Waals surface area contributed by atoms with E-state index in [-0.39, 0.29) is 11.9 Å². The topological polar surface area (TPSA) is 20.3 Å². The molecule has 15 heavy (non-hydrogen) atoms. The summed E-state index contributed by atoms with van der Waals surface area (Å²) >= 11 is 0. The van der Waals surface area contributed by atoms with Crippen LogP contribution in [-0.4, -0.2) is 17.4 Å². The average molecular weight is 199 g/mol. The molecule has 2 aliphatic rings. The minimum Gasteiger partial charge on any atom is -0.331 e. The van der Waals surface area contributed by atoms with Gasteiger partial charge in [-0.2, -0.15) is 0 Å². The summed E-state index contributed by atoms with van der Waals surface area (Å²) in [7, 11) is 0. The van der Waals surface area contributed by atoms with Crippen LogP contribution in [0.4, 0.5) is 0 Å². The first-order chi connectivity index (χ1) is 7.27. The molecule has 2 heteroatoms. The molecule has 0 spiro atoms. The Balaban J connectivity index is 2.10. The number of fused-ring (bicyclic) bond motifs is 3. The lowest BCUT2D eigenvalue weighted by Crippen LogP contribution is -2.32. The highest BCUT2D eigenvalue weighted by Crippen LogP contribution is 2.40. The molecule has 76 valence electrons. The van der Waals surface area contributed by atoms with Crippen molar-refractivity contribution >= 4 is 5.91 Å². The third-order valence-corrected chi connectivity index (χ3v) is 3.38. The number of benzene rings is 1. The largest absolute Gasteiger partial charge is 0.331 e. The monoisotopic (exact) mass is 199 g/mol. The molecule has 0 N–H and O–H groups in total. The second-order valence-corrected chi connectivity index (χ2v) is 4.31. The zero-order valence-electron chi connectivity index (χ0n) is 8.57. The summed E-state index contributed by atoms with van der Waals surface area (Å²) in [5.41, 5.74) is 3.33. The van der Waals surface area contributed by atoms with Crippen LogP contribution in [0.25, 0.3) is 0 Å². The number of nitrogens with zero attached hydrogens (tertiary/aromatic N) is 1. The highest BCUT2D eigenvalue weighted by molar-refractivity contribution is 5.99. The van der Waals surface area contributed by atoms with E-state index in [1.807, 2.05) is 23.1 Å². The molecule has 1 saturated heterocycles. The van der Waals surface area contributed by atoms with Gasteiger partial charge in [0.05, 0.1) is 6.04 Å². The summed E-state index contributed by atoms with van der Waals surface area (Å²) in [5.74, 6) is 0.197. The standard InChI is InChI=1S/C13H13NO/c1-9-6-7-14-12(8-9)10-4-2-3-5-11(10)13(14)15/h2-5,12H,1,6-8H2. The SMILES string of the molecule is C=C1CCN2C(=O)c3ccccc3C2C1. The molecule has 1 atom stereocenters. The van der Waals surface area contributed by atoms with Crippen molar-refractivity contribution in [1.82, 2.24) is 4.90 Å². The van der Waals surface area contributed by atoms with Crippen LogP contribution in [0.15, 0.2) is 36.4 Å². The molecular formula is C13H13NO. The van der Waals surface area contributed by atoms with E-state index in [0.717, 1.165) is 24.9 Å². The summed E-state index contributed by atoms with van der Waals surface area (Å²) < 4.78 is 0. The van der Waals surface area contributed by atoms with E-state index in [1.54, 1.807) is 0 Å². The first-order valence-corrected chi connectivity index (χ1v) is 5.34. The highest BCUT2D eigenvalue weighted by Gasteiger charge is 2.38. The van der Waals surface area contributed by atoms with Gasteiger partial charge in [0.25, 0.3) is 5.91 Å². The fourth-order valence-corrected chi connectivity index (χ4v) is 2.58. The molecule has 1 fully saturated rings. The molecule has 2 heterocycles. The Hall–Kier alpha value is -1.57. The van der Waals surface area contributed by atoms with Crippen molar-refractivity contribution in [3.8, 4) is 0 Å². The van der Waals surface area contributed by atoms with E-state index >= 15 is 0 Å². The van der Waals surface area contributed by atoms with Crippen molar-refractivity contribution in [2.45, 2.75) is 18.9 Å². The summed E-state index contributed by atoms with van der Waals surface area (Å²) in [6, 6.07) is 8.20. The molecule has 0 radical (unpaired) electrons. The second-order valence-electron chi connectivity index (χ2n) is 4.31. The van der Waals surface area contributed by atoms with Gasteiger partial charge in [0.15, 0.2) is 0 Å². The quantitative estimate of drug-likeness (QED) is 0.588. The van der Waals surface area contributed by atoms with Gasteiger partial charge >= 0.3 is 0 Å². The van der Waals surface area contributed by atoms with E-state index in [0.29, 0.717) is 0 Å². The number of carbonyl (C=O) groups is 1. The Morgan fingerprint density at radius 2 is 2.13 bits per heavy atom. The molecule has 0 bridgehead atoms. The Kier molecular flexibility index (Phi) is 1.72. The summed E-state index contributed by atoms with van der Waals surface area (Å²) in [6.07, 6.45) is 1.89. The Morgan fingerprint density at radius 1 is 1.33 bits per heavy atom. The fraction of sp³-hybridized carbons (Fsp3) is 0.308. The summed E-state index contributed by atoms with van der Waals surface area (Å²) in [5, 5.41) is 0. The first-order valence-electron chi connectivity index (χ1n) is 5.34. The number of hydrogen-bond donors (Lipinski definition) is 0. The van der Waals surface area contributed by atoms with Gasteiger partial charge in [-0.3, -0.25) is 4.79 Å². The first kappa shape index (κ1) is 8.72. The lowest BCUT2D eigenvalue weighted by atomic mass is 9.94. The van der Waals surface area contributed by atoms with Gasteiger partial charge in [0.1, 0.15) is 0 Å². The maximum Gasteiger partial charge on any atom is 0.254 e. The van der Waals surface area contributed by atoms with Crippen molar-refractivity contribution in [3.63, 3.8) is 0 Å². The lowest BCUT2D eigenvalue weighted by molar-refractivity contribution is 0.0703. The zero-order chi connectivity index (χ0) is 10.4. The Morgan fingerprint density at radius 3 is 3.00 bits per heavy atom. The molecule has 1 aromatic carbocycles. The van der Waals surface area contributed by atoms with Gasteiger partial charge in [-0.1, -0.05) is 30.4 Å². The van der Waals surface area contributed by atoms with Crippen LogP contribution >= 0.6 is 0 Å². The summed E-state index contributed by atoms with van der Waals surface area (Å²) in [6.45, 7) is 4.86. The second kappa shape index (κ2) is 2.96. The van der Waals surface area contributed by atoms with Crippen LogP contribution in [0.5, 0.6) is 0 Å². The number of amides is 1. The average Bonchev–Trinajstić information content (AvgIpc) is 2.54. The smallest absolute Gasteiger partial charge is 0.254 e. The van der Waals surface area contributed by atoms with Crippen LogP contribution < -0.4 is 0 Å². The number of carbonyl (C=O) groups excluding carboxylic acids is 1. The minimum absolute atomic E-state index is 0.197. The van der Waals surface area contributed by atoms with E-state index in [4.69, 9.17) is 0 Å². The van der Waals surface area contributed by atoms with Gasteiger partial charge in [0, 0.05) is 12.1 Å². The third-order valence-electron chi connectivity index (χ3n) is 3.38. The van der Waals surface area contributed by atoms with Gasteiger partial charge in [-0.15, -0.1) is 0 Å². The normalized spacial score (nSPS) is 24.0. The summed E-state index contributed by atoms with van der Waals surface area (Å²) in [4.78, 5) is 14.0. The molecule has 1 unspecified atom stereocenters. The van der Waals surface area contributed by atoms with Gasteiger partial charge in [0.2, 0.25) is 0 Å². The number of rotatable bonds is 0. The van der Waals surface area contributed by atoms with Crippen molar-refractivity contribution in [2.24, 2.45) is 0 Å². The number of hydrogen-bond acceptors (Lipinski definition) is 1. The van der Waals surface area contributed by atoms with Gasteiger partial charge in [-0.05, 0) is 24.5 Å². The van der Waals surface area contributed by atoms with E-state index in [1.165, 1.54) is 11.1 Å². The molecule has 1 aromatic rings. The molecule has 0 aliphatic carbocycles. The Labute approximate surface area is 89.2 Å². The molecule has 2 nitrogen and oxygen atoms in total. The van der Waals surface area contributed by atoms with Gasteiger partial charge < -0.3 is 4.90 Å². The van der Waals surface area contributed by atoms with E-state index in [9.17, 15) is 4.79 Å². The maximum absolute atomic E-state index is 12.0. The van der Waals surface area contributed by atoms with Crippen molar-refractivity contribution in [1.29, 1.82) is 0 Å². The number of piperidine rings is 1. The van der Waals surface area contributed by atoms with Crippen molar-refractivity contribution in [3.05, 3.63) is 47.5 Å². The van der Waals surface area contributed by atoms with Crippen LogP contribution in [0, 0.1) is 0 Å². The van der Waals surface area contributed by atoms with E-state index < -0.39 is 0 Å². The van der Waals surface area contributed by atoms with E-state index in [2.05, 4.69) is 12.6 Å². The highest BCUT2D eigenvalue weighted by atomic mass is 16.2. The lowest BCUT2D eigenvalue weighted by Gasteiger charge is -2.31. The third kappa shape index (κ3) is 1.14. The van der Waals surface area contributed by atoms with Crippen LogP contribution in [0.2, 0.25) is 0 Å².